The first-order chi connectivity index (χ1) is 4.72. The molecule has 0 aromatic rings. The van der Waals surface area contributed by atoms with E-state index in [9.17, 15) is 0 Å². The van der Waals surface area contributed by atoms with Crippen molar-refractivity contribution in [3.05, 3.63) is 0 Å². The minimum absolute atomic E-state index is 0.250. The quantitative estimate of drug-likeness (QED) is 0.385. The first-order valence-electron chi connectivity index (χ1n) is 3.01. The van der Waals surface area contributed by atoms with E-state index < -0.39 is 0 Å². The van der Waals surface area contributed by atoms with Gasteiger partial charge in [0.1, 0.15) is 0 Å². The molecule has 1 rings (SSSR count). The van der Waals surface area contributed by atoms with Crippen LogP contribution in [-0.4, -0.2) is 30.0 Å². The third-order valence-corrected chi connectivity index (χ3v) is 1.33. The Labute approximate surface area is 59.3 Å². The minimum Gasteiger partial charge on any atom is -0.361 e. The fraction of sp³-hybridized carbons (Fsp3) is 0.667. The van der Waals surface area contributed by atoms with Gasteiger partial charge in [0.15, 0.2) is 0 Å². The van der Waals surface area contributed by atoms with Crippen LogP contribution in [0.4, 0.5) is 0 Å². The predicted octanol–water partition coefficient (Wildman–Crippen LogP) is 0.106. The number of carbonyl (C=O) groups excluding carboxylic acids is 2. The average Bonchev–Trinajstić information content (AvgIpc) is 1.59. The molecule has 1 saturated heterocycles. The van der Waals surface area contributed by atoms with Crippen molar-refractivity contribution < 1.29 is 9.59 Å². The van der Waals surface area contributed by atoms with Crippen LogP contribution in [0, 0.1) is 5.41 Å². The van der Waals surface area contributed by atoms with Crippen LogP contribution in [0.15, 0.2) is 0 Å². The summed E-state index contributed by atoms with van der Waals surface area (Å²) < 4.78 is 0. The van der Waals surface area contributed by atoms with Gasteiger partial charge in [0, 0.05) is 13.1 Å². The van der Waals surface area contributed by atoms with Crippen LogP contribution in [0.5, 0.6) is 0 Å². The van der Waals surface area contributed by atoms with Crippen LogP contribution in [0.3, 0.4) is 0 Å². The Hall–Kier alpha value is -1.15. The van der Waals surface area contributed by atoms with E-state index in [2.05, 4.69) is 4.90 Å². The number of nitrogens with zero attached hydrogens (tertiary/aromatic N) is 1. The molecule has 4 heteroatoms. The molecule has 1 heterocycles. The molecule has 1 aliphatic heterocycles. The van der Waals surface area contributed by atoms with Gasteiger partial charge in [0.2, 0.25) is 0 Å². The molecule has 1 fully saturated rings. The van der Waals surface area contributed by atoms with E-state index in [0.29, 0.717) is 5.84 Å². The van der Waals surface area contributed by atoms with Crippen molar-refractivity contribution in [3.63, 3.8) is 0 Å². The van der Waals surface area contributed by atoms with Gasteiger partial charge in [-0.25, -0.2) is 0 Å². The predicted molar refractivity (Wildman–Crippen MR) is 34.6 cm³/mol. The van der Waals surface area contributed by atoms with Crippen molar-refractivity contribution in [3.8, 4) is 0 Å². The van der Waals surface area contributed by atoms with E-state index in [-0.39, 0.29) is 6.15 Å². The Bertz CT molecular complexity index is 146. The second-order valence-corrected chi connectivity index (χ2v) is 2.01. The molecule has 0 radical (unpaired) electrons. The summed E-state index contributed by atoms with van der Waals surface area (Å²) in [7, 11) is 0. The van der Waals surface area contributed by atoms with Crippen molar-refractivity contribution in [2.45, 2.75) is 13.3 Å². The van der Waals surface area contributed by atoms with Crippen molar-refractivity contribution in [2.24, 2.45) is 0 Å². The lowest BCUT2D eigenvalue weighted by Crippen LogP contribution is -2.40. The highest BCUT2D eigenvalue weighted by Crippen LogP contribution is 2.04. The molecule has 0 aliphatic carbocycles. The molecule has 0 aromatic heterocycles. The van der Waals surface area contributed by atoms with Crippen molar-refractivity contribution in [2.75, 3.05) is 13.1 Å². The lowest BCUT2D eigenvalue weighted by Gasteiger charge is -2.31. The number of amidine groups is 1. The van der Waals surface area contributed by atoms with Crippen LogP contribution < -0.4 is 0 Å². The molecule has 0 amide bonds. The highest BCUT2D eigenvalue weighted by molar-refractivity contribution is 5.76. The van der Waals surface area contributed by atoms with E-state index in [1.165, 1.54) is 6.42 Å². The molecule has 0 spiro atoms. The highest BCUT2D eigenvalue weighted by Gasteiger charge is 2.12. The van der Waals surface area contributed by atoms with E-state index in [1.54, 1.807) is 0 Å². The summed E-state index contributed by atoms with van der Waals surface area (Å²) in [6.45, 7) is 4.05. The Morgan fingerprint density at radius 2 is 1.90 bits per heavy atom. The molecule has 0 atom stereocenters. The summed E-state index contributed by atoms with van der Waals surface area (Å²) in [5.74, 6) is 0.714. The van der Waals surface area contributed by atoms with E-state index in [1.807, 2.05) is 6.92 Å². The standard InChI is InChI=1S/C5H10N2.CO2/c1-5(6)7-3-2-4-7;2-1-3/h6H,2-4H2,1H3;. The number of hydrogen-bond donors (Lipinski definition) is 1. The van der Waals surface area contributed by atoms with Crippen LogP contribution in [0.25, 0.3) is 0 Å². The third kappa shape index (κ3) is 2.99. The van der Waals surface area contributed by atoms with Crippen LogP contribution in [-0.2, 0) is 9.59 Å². The molecule has 1 aliphatic rings. The van der Waals surface area contributed by atoms with Gasteiger partial charge in [-0.1, -0.05) is 0 Å². The van der Waals surface area contributed by atoms with Gasteiger partial charge in [-0.15, -0.1) is 0 Å². The zero-order valence-electron chi connectivity index (χ0n) is 5.89. The fourth-order valence-corrected chi connectivity index (χ4v) is 0.652. The summed E-state index contributed by atoms with van der Waals surface area (Å²) in [5, 5.41) is 7.08. The lowest BCUT2D eigenvalue weighted by molar-refractivity contribution is -0.191. The highest BCUT2D eigenvalue weighted by atomic mass is 16.2. The summed E-state index contributed by atoms with van der Waals surface area (Å²) in [5.41, 5.74) is 0. The number of likely N-dealkylation sites (tertiary alicyclic amines) is 1. The fourth-order valence-electron chi connectivity index (χ4n) is 0.652. The number of nitrogens with one attached hydrogen (secondary N) is 1. The van der Waals surface area contributed by atoms with Crippen molar-refractivity contribution in [1.82, 2.24) is 4.90 Å². The summed E-state index contributed by atoms with van der Waals surface area (Å²) in [6, 6.07) is 0. The zero-order chi connectivity index (χ0) is 7.98. The topological polar surface area (TPSA) is 61.2 Å². The van der Waals surface area contributed by atoms with Crippen LogP contribution in [0.1, 0.15) is 13.3 Å². The smallest absolute Gasteiger partial charge is 0.361 e. The van der Waals surface area contributed by atoms with Crippen LogP contribution >= 0.6 is 0 Å². The summed E-state index contributed by atoms with van der Waals surface area (Å²) in [4.78, 5) is 18.3. The normalized spacial score (nSPS) is 13.9. The molecule has 0 unspecified atom stereocenters. The van der Waals surface area contributed by atoms with Crippen molar-refractivity contribution >= 4 is 12.0 Å². The first kappa shape index (κ1) is 8.85. The molecule has 10 heavy (non-hydrogen) atoms. The van der Waals surface area contributed by atoms with Gasteiger partial charge < -0.3 is 4.90 Å². The molecular formula is C6H10N2O2. The summed E-state index contributed by atoms with van der Waals surface area (Å²) >= 11 is 0. The molecule has 1 N–H and O–H groups in total. The Balaban J connectivity index is 0.000000236. The maximum absolute atomic E-state index is 8.12. The minimum atomic E-state index is 0.250. The number of hydrogen-bond acceptors (Lipinski definition) is 3. The second-order valence-electron chi connectivity index (χ2n) is 2.01. The van der Waals surface area contributed by atoms with Gasteiger partial charge in [0.25, 0.3) is 0 Å². The maximum atomic E-state index is 8.12. The second kappa shape index (κ2) is 4.70. The lowest BCUT2D eigenvalue weighted by atomic mass is 10.2. The van der Waals surface area contributed by atoms with Gasteiger partial charge in [-0.3, -0.25) is 5.41 Å². The molecule has 0 aromatic carbocycles. The number of rotatable bonds is 0. The largest absolute Gasteiger partial charge is 0.373 e. The Kier molecular flexibility index (Phi) is 4.16. The third-order valence-electron chi connectivity index (χ3n) is 1.33. The molecular weight excluding hydrogens is 132 g/mol. The molecule has 0 bridgehead atoms. The Morgan fingerprint density at radius 3 is 1.90 bits per heavy atom. The zero-order valence-corrected chi connectivity index (χ0v) is 5.89. The SMILES string of the molecule is CC(=N)N1CCC1.O=C=O. The van der Waals surface area contributed by atoms with Crippen molar-refractivity contribution in [1.29, 1.82) is 5.41 Å². The van der Waals surface area contributed by atoms with Gasteiger partial charge in [-0.05, 0) is 13.3 Å². The summed E-state index contributed by atoms with van der Waals surface area (Å²) in [6.07, 6.45) is 1.52. The van der Waals surface area contributed by atoms with Gasteiger partial charge in [0.05, 0.1) is 5.84 Å². The monoisotopic (exact) mass is 142 g/mol. The average molecular weight is 142 g/mol. The van der Waals surface area contributed by atoms with Gasteiger partial charge in [-0.2, -0.15) is 9.59 Å². The van der Waals surface area contributed by atoms with Gasteiger partial charge >= 0.3 is 6.15 Å². The molecule has 56 valence electrons. The van der Waals surface area contributed by atoms with E-state index in [0.717, 1.165) is 13.1 Å². The molecule has 0 saturated carbocycles. The van der Waals surface area contributed by atoms with E-state index in [4.69, 9.17) is 15.0 Å². The molecule has 4 nitrogen and oxygen atoms in total. The van der Waals surface area contributed by atoms with E-state index >= 15 is 0 Å². The first-order valence-corrected chi connectivity index (χ1v) is 3.01. The Morgan fingerprint density at radius 1 is 1.50 bits per heavy atom. The van der Waals surface area contributed by atoms with Crippen LogP contribution in [0.2, 0.25) is 0 Å². The maximum Gasteiger partial charge on any atom is 0.373 e.